The van der Waals surface area contributed by atoms with E-state index in [0.717, 1.165) is 22.1 Å². The molecule has 0 spiro atoms. The summed E-state index contributed by atoms with van der Waals surface area (Å²) in [5, 5.41) is 1.66. The van der Waals surface area contributed by atoms with E-state index in [-0.39, 0.29) is 10.5 Å². The molecule has 0 aliphatic carbocycles. The molecular weight excluding hydrogens is 519 g/mol. The SMILES string of the molecule is O=S(=O)(O)c1ccccc1C1(Cl)c2ccc([nH]2)C=C2C=CC(=N2)C=c2ccc([nH]2)=CC2=NC1(Cl)C=C2. The molecule has 8 bridgehead atoms. The number of fused-ring (bicyclic) bond motifs is 6. The van der Waals surface area contributed by atoms with Crippen molar-refractivity contribution in [3.63, 3.8) is 0 Å². The minimum absolute atomic E-state index is 0.0822. The van der Waals surface area contributed by atoms with E-state index in [1.165, 1.54) is 18.2 Å². The summed E-state index contributed by atoms with van der Waals surface area (Å²) in [5.41, 5.74) is 3.20. The lowest BCUT2D eigenvalue weighted by Crippen LogP contribution is -2.42. The van der Waals surface area contributed by atoms with Gasteiger partial charge in [-0.2, -0.15) is 8.42 Å². The Balaban J connectivity index is 1.66. The number of alkyl halides is 2. The number of hydrogen-bond donors (Lipinski definition) is 3. The second kappa shape index (κ2) is 8.04. The highest BCUT2D eigenvalue weighted by Gasteiger charge is 2.54. The van der Waals surface area contributed by atoms with Crippen LogP contribution in [0.25, 0.3) is 18.2 Å². The van der Waals surface area contributed by atoms with E-state index >= 15 is 0 Å². The first-order valence-corrected chi connectivity index (χ1v) is 13.1. The summed E-state index contributed by atoms with van der Waals surface area (Å²) in [6.45, 7) is 0. The van der Waals surface area contributed by atoms with Crippen LogP contribution < -0.4 is 10.7 Å². The van der Waals surface area contributed by atoms with Crippen molar-refractivity contribution in [3.05, 3.63) is 106 Å². The maximum absolute atomic E-state index is 12.3. The summed E-state index contributed by atoms with van der Waals surface area (Å²) in [6, 6.07) is 13.3. The van der Waals surface area contributed by atoms with Crippen molar-refractivity contribution in [2.75, 3.05) is 0 Å². The molecule has 0 amide bonds. The van der Waals surface area contributed by atoms with Gasteiger partial charge in [0.2, 0.25) is 0 Å². The summed E-state index contributed by atoms with van der Waals surface area (Å²) in [5.74, 6) is 0. The van der Waals surface area contributed by atoms with Gasteiger partial charge in [0, 0.05) is 27.6 Å². The van der Waals surface area contributed by atoms with Crippen molar-refractivity contribution in [2.45, 2.75) is 14.8 Å². The molecule has 6 rings (SSSR count). The summed E-state index contributed by atoms with van der Waals surface area (Å²) in [7, 11) is -4.63. The van der Waals surface area contributed by atoms with E-state index in [4.69, 9.17) is 28.2 Å². The molecule has 3 aromatic rings. The zero-order valence-electron chi connectivity index (χ0n) is 18.5. The lowest BCUT2D eigenvalue weighted by Gasteiger charge is -2.37. The number of aromatic amines is 2. The van der Waals surface area contributed by atoms with E-state index in [1.54, 1.807) is 30.4 Å². The maximum atomic E-state index is 12.3. The Kier molecular flexibility index (Phi) is 5.14. The lowest BCUT2D eigenvalue weighted by molar-refractivity contribution is 0.477. The van der Waals surface area contributed by atoms with Crippen LogP contribution >= 0.6 is 23.2 Å². The first-order chi connectivity index (χ1) is 17.1. The predicted molar refractivity (Wildman–Crippen MR) is 142 cm³/mol. The van der Waals surface area contributed by atoms with E-state index in [9.17, 15) is 13.0 Å². The summed E-state index contributed by atoms with van der Waals surface area (Å²) in [6.07, 6.45) is 12.7. The third kappa shape index (κ3) is 3.74. The Labute approximate surface area is 216 Å². The van der Waals surface area contributed by atoms with E-state index in [2.05, 4.69) is 15.0 Å². The van der Waals surface area contributed by atoms with Crippen molar-refractivity contribution in [2.24, 2.45) is 9.98 Å². The summed E-state index contributed by atoms with van der Waals surface area (Å²) >= 11 is 14.5. The zero-order chi connectivity index (χ0) is 25.1. The first kappa shape index (κ1) is 23.0. The van der Waals surface area contributed by atoms with Crippen LogP contribution in [0.2, 0.25) is 0 Å². The third-order valence-electron chi connectivity index (χ3n) is 6.19. The summed E-state index contributed by atoms with van der Waals surface area (Å²) < 4.78 is 34.7. The molecule has 7 nitrogen and oxygen atoms in total. The van der Waals surface area contributed by atoms with Crippen LogP contribution in [0.1, 0.15) is 17.0 Å². The molecule has 0 radical (unpaired) electrons. The van der Waals surface area contributed by atoms with Gasteiger partial charge in [0.05, 0.1) is 22.0 Å². The minimum atomic E-state index is -4.63. The van der Waals surface area contributed by atoms with Gasteiger partial charge in [0.25, 0.3) is 10.1 Å². The minimum Gasteiger partial charge on any atom is -0.357 e. The van der Waals surface area contributed by atoms with Gasteiger partial charge in [0.15, 0.2) is 9.87 Å². The van der Waals surface area contributed by atoms with Gasteiger partial charge >= 0.3 is 0 Å². The van der Waals surface area contributed by atoms with Crippen molar-refractivity contribution >= 4 is 63.0 Å². The lowest BCUT2D eigenvalue weighted by atomic mass is 9.87. The van der Waals surface area contributed by atoms with Crippen molar-refractivity contribution < 1.29 is 13.0 Å². The highest BCUT2D eigenvalue weighted by atomic mass is 35.5. The number of aromatic nitrogens is 2. The van der Waals surface area contributed by atoms with Gasteiger partial charge in [-0.3, -0.25) is 9.55 Å². The monoisotopic (exact) mass is 536 g/mol. The molecule has 1 aromatic carbocycles. The second-order valence-electron chi connectivity index (χ2n) is 8.60. The normalized spacial score (nSPS) is 24.6. The van der Waals surface area contributed by atoms with Gasteiger partial charge < -0.3 is 9.97 Å². The number of nitrogens with one attached hydrogen (secondary N) is 2. The number of halogens is 2. The first-order valence-electron chi connectivity index (χ1n) is 10.9. The molecule has 2 aromatic heterocycles. The molecule has 10 heteroatoms. The molecule has 0 saturated carbocycles. The quantitative estimate of drug-likeness (QED) is 0.264. The van der Waals surface area contributed by atoms with Gasteiger partial charge in [-0.15, -0.1) is 11.6 Å². The Hall–Kier alpha value is -3.43. The Morgan fingerprint density at radius 1 is 0.833 bits per heavy atom. The highest BCUT2D eigenvalue weighted by Crippen LogP contribution is 2.53. The molecule has 3 N–H and O–H groups in total. The van der Waals surface area contributed by atoms with Crippen LogP contribution in [0.15, 0.2) is 93.4 Å². The topological polar surface area (TPSA) is 111 Å². The number of rotatable bonds is 2. The molecule has 0 fully saturated rings. The smallest absolute Gasteiger partial charge is 0.294 e. The molecule has 2 atom stereocenters. The number of allylic oxidation sites excluding steroid dienone is 3. The van der Waals surface area contributed by atoms with Gasteiger partial charge in [-0.1, -0.05) is 29.8 Å². The zero-order valence-corrected chi connectivity index (χ0v) is 20.8. The number of H-pyrrole nitrogens is 2. The van der Waals surface area contributed by atoms with Crippen LogP contribution in [0.5, 0.6) is 0 Å². The fourth-order valence-corrected chi connectivity index (χ4v) is 6.11. The van der Waals surface area contributed by atoms with Gasteiger partial charge in [-0.25, -0.2) is 4.99 Å². The van der Waals surface area contributed by atoms with E-state index < -0.39 is 20.0 Å². The van der Waals surface area contributed by atoms with Gasteiger partial charge in [0.1, 0.15) is 0 Å². The van der Waals surface area contributed by atoms with Crippen LogP contribution in [-0.4, -0.2) is 39.4 Å². The predicted octanol–water partition coefficient (Wildman–Crippen LogP) is 3.64. The molecular formula is C26H18Cl2N4O3S. The molecule has 36 heavy (non-hydrogen) atoms. The number of hydrogen-bond acceptors (Lipinski definition) is 4. The van der Waals surface area contributed by atoms with E-state index in [0.29, 0.717) is 17.1 Å². The molecule has 5 heterocycles. The average Bonchev–Trinajstić information content (AvgIpc) is 3.63. The number of nitrogens with zero attached hydrogens (tertiary/aromatic N) is 2. The maximum Gasteiger partial charge on any atom is 0.294 e. The van der Waals surface area contributed by atoms with Crippen molar-refractivity contribution in [1.29, 1.82) is 0 Å². The number of aliphatic imine (C=N–C) groups is 2. The van der Waals surface area contributed by atoms with Crippen LogP contribution in [0.3, 0.4) is 0 Å². The average molecular weight is 537 g/mol. The molecule has 2 unspecified atom stereocenters. The molecule has 180 valence electrons. The molecule has 3 aliphatic rings. The standard InChI is InChI=1S/C26H18Cl2N4O3S/c27-25-12-11-21(32-25)15-19-8-7-17(30-19)13-16-5-6-18(29-16)14-20-9-10-24(31-20)26(25,28)22-3-1-2-4-23(22)36(33,34)35/h1-15,30-31H,(H,33,34,35). The van der Waals surface area contributed by atoms with Crippen molar-refractivity contribution in [3.8, 4) is 0 Å². The second-order valence-corrected chi connectivity index (χ2v) is 11.1. The Bertz CT molecular complexity index is 1810. The van der Waals surface area contributed by atoms with Crippen LogP contribution in [0.4, 0.5) is 0 Å². The Morgan fingerprint density at radius 3 is 2.36 bits per heavy atom. The van der Waals surface area contributed by atoms with E-state index in [1.807, 2.05) is 42.5 Å². The largest absolute Gasteiger partial charge is 0.357 e. The third-order valence-corrected chi connectivity index (χ3v) is 8.39. The van der Waals surface area contributed by atoms with Crippen molar-refractivity contribution in [1.82, 2.24) is 9.97 Å². The summed E-state index contributed by atoms with van der Waals surface area (Å²) in [4.78, 5) is 12.2. The Morgan fingerprint density at radius 2 is 1.58 bits per heavy atom. The fraction of sp³-hybridized carbons (Fsp3) is 0.0769. The fourth-order valence-electron chi connectivity index (χ4n) is 4.56. The number of benzene rings is 1. The van der Waals surface area contributed by atoms with Gasteiger partial charge in [-0.05, 0) is 72.9 Å². The van der Waals surface area contributed by atoms with Crippen LogP contribution in [0, 0.1) is 0 Å². The molecule has 3 aliphatic heterocycles. The highest BCUT2D eigenvalue weighted by molar-refractivity contribution is 7.85. The molecule has 0 saturated heterocycles. The van der Waals surface area contributed by atoms with Crippen LogP contribution in [-0.2, 0) is 15.0 Å².